The van der Waals surface area contributed by atoms with Gasteiger partial charge in [-0.25, -0.2) is 4.39 Å². The Bertz CT molecular complexity index is 1090. The molecular formula is C26H28FNO6. The molecule has 2 heterocycles. The van der Waals surface area contributed by atoms with Crippen LogP contribution < -0.4 is 4.74 Å². The van der Waals surface area contributed by atoms with Gasteiger partial charge in [0.2, 0.25) is 11.8 Å². The number of amides is 2. The molecule has 180 valence electrons. The smallest absolute Gasteiger partial charge is 0.233 e. The maximum Gasteiger partial charge on any atom is 0.233 e. The van der Waals surface area contributed by atoms with Crippen LogP contribution in [0.1, 0.15) is 37.9 Å². The average molecular weight is 470 g/mol. The van der Waals surface area contributed by atoms with E-state index in [2.05, 4.69) is 0 Å². The van der Waals surface area contributed by atoms with Gasteiger partial charge in [0.15, 0.2) is 17.4 Å². The highest BCUT2D eigenvalue weighted by Crippen LogP contribution is 2.58. The number of aliphatic hydroxyl groups is 1. The fourth-order valence-electron chi connectivity index (χ4n) is 5.83. The first-order chi connectivity index (χ1) is 16.3. The largest absolute Gasteiger partial charge is 0.505 e. The number of likely N-dealkylation sites (tertiary alicyclic amines) is 1. The molecule has 1 aliphatic carbocycles. The number of rotatable bonds is 6. The molecule has 0 aromatic heterocycles. The second-order valence-corrected chi connectivity index (χ2v) is 9.43. The minimum Gasteiger partial charge on any atom is -0.505 e. The average Bonchev–Trinajstić information content (AvgIpc) is 3.30. The van der Waals surface area contributed by atoms with Crippen LogP contribution in [0.25, 0.3) is 0 Å². The number of imide groups is 1. The Kier molecular flexibility index (Phi) is 5.81. The fraction of sp³-hybridized carbons (Fsp3) is 0.462. The lowest BCUT2D eigenvalue weighted by molar-refractivity contribution is -0.272. The number of para-hydroxylation sites is 1. The highest BCUT2D eigenvalue weighted by molar-refractivity contribution is 6.05. The number of halogens is 1. The van der Waals surface area contributed by atoms with Crippen molar-refractivity contribution in [2.24, 2.45) is 23.7 Å². The summed E-state index contributed by atoms with van der Waals surface area (Å²) in [7, 11) is 0. The standard InChI is InChI=1S/C26H28FNO6/c1-2-10-28-24(30)18-12-16(14-33-17-6-4-3-5-7-17)26(32)19(23(18)25(28)31)13-22(34-26)15-8-9-21(29)20(27)11-15/h3-9,11,16,18-19,22-23,29,32H,2,10,12-14H2,1H3/t16-,18+,19+,22+,23+,26-/m1/s1. The number of phenols is 1. The molecular weight excluding hydrogens is 441 g/mol. The number of nitrogens with zero attached hydrogens (tertiary/aromatic N) is 1. The molecule has 2 aliphatic heterocycles. The number of hydrogen-bond acceptors (Lipinski definition) is 6. The SMILES string of the molecule is CCCN1C(=O)[C@H]2[C@H](C[C@H](COc3ccccc3)[C@@]3(O)O[C@H](c4ccc(O)c(F)c4)C[C@@H]23)C1=O. The fourth-order valence-corrected chi connectivity index (χ4v) is 5.83. The maximum atomic E-state index is 14.1. The molecule has 5 rings (SSSR count). The summed E-state index contributed by atoms with van der Waals surface area (Å²) in [6, 6.07) is 13.1. The van der Waals surface area contributed by atoms with Crippen molar-refractivity contribution in [3.8, 4) is 11.5 Å². The number of aromatic hydroxyl groups is 1. The quantitative estimate of drug-likeness (QED) is 0.630. The third kappa shape index (κ3) is 3.65. The molecule has 3 aliphatic rings. The molecule has 2 N–H and O–H groups in total. The summed E-state index contributed by atoms with van der Waals surface area (Å²) in [5.74, 6) is -5.28. The maximum absolute atomic E-state index is 14.1. The molecule has 0 spiro atoms. The number of benzene rings is 2. The molecule has 3 fully saturated rings. The predicted octanol–water partition coefficient (Wildman–Crippen LogP) is 3.41. The molecule has 2 saturated heterocycles. The van der Waals surface area contributed by atoms with Crippen LogP contribution in [0.2, 0.25) is 0 Å². The van der Waals surface area contributed by atoms with Gasteiger partial charge in [0.25, 0.3) is 0 Å². The molecule has 8 heteroatoms. The van der Waals surface area contributed by atoms with Crippen LogP contribution in [0, 0.1) is 29.5 Å². The molecule has 0 unspecified atom stereocenters. The topological polar surface area (TPSA) is 96.3 Å². The zero-order chi connectivity index (χ0) is 24.0. The lowest BCUT2D eigenvalue weighted by Gasteiger charge is -2.44. The van der Waals surface area contributed by atoms with E-state index in [4.69, 9.17) is 9.47 Å². The van der Waals surface area contributed by atoms with Crippen molar-refractivity contribution in [2.45, 2.75) is 38.1 Å². The molecule has 0 bridgehead atoms. The molecule has 34 heavy (non-hydrogen) atoms. The lowest BCUT2D eigenvalue weighted by atomic mass is 9.64. The van der Waals surface area contributed by atoms with Crippen molar-refractivity contribution >= 4 is 11.8 Å². The van der Waals surface area contributed by atoms with E-state index >= 15 is 0 Å². The molecule has 1 saturated carbocycles. The molecule has 7 nitrogen and oxygen atoms in total. The molecule has 2 aromatic rings. The van der Waals surface area contributed by atoms with Crippen molar-refractivity contribution < 1.29 is 33.7 Å². The first kappa shape index (κ1) is 22.8. The van der Waals surface area contributed by atoms with Gasteiger partial charge in [-0.05, 0) is 49.1 Å². The van der Waals surface area contributed by atoms with Gasteiger partial charge in [0, 0.05) is 18.4 Å². The Morgan fingerprint density at radius 3 is 2.62 bits per heavy atom. The molecule has 2 amide bonds. The van der Waals surface area contributed by atoms with Crippen molar-refractivity contribution in [2.75, 3.05) is 13.2 Å². The first-order valence-electron chi connectivity index (χ1n) is 11.7. The van der Waals surface area contributed by atoms with Crippen molar-refractivity contribution in [3.63, 3.8) is 0 Å². The van der Waals surface area contributed by atoms with Gasteiger partial charge >= 0.3 is 0 Å². The van der Waals surface area contributed by atoms with E-state index in [1.807, 2.05) is 25.1 Å². The zero-order valence-corrected chi connectivity index (χ0v) is 18.9. The van der Waals surface area contributed by atoms with Crippen LogP contribution in [-0.4, -0.2) is 45.9 Å². The molecule has 2 aromatic carbocycles. The predicted molar refractivity (Wildman–Crippen MR) is 119 cm³/mol. The van der Waals surface area contributed by atoms with E-state index in [1.165, 1.54) is 17.0 Å². The summed E-state index contributed by atoms with van der Waals surface area (Å²) in [5.41, 5.74) is 0.458. The molecule has 0 radical (unpaired) electrons. The van der Waals surface area contributed by atoms with E-state index in [0.717, 1.165) is 0 Å². The monoisotopic (exact) mass is 469 g/mol. The van der Waals surface area contributed by atoms with Gasteiger partial charge in [-0.15, -0.1) is 0 Å². The summed E-state index contributed by atoms with van der Waals surface area (Å²) in [4.78, 5) is 27.7. The Morgan fingerprint density at radius 2 is 1.91 bits per heavy atom. The van der Waals surface area contributed by atoms with E-state index in [0.29, 0.717) is 24.3 Å². The van der Waals surface area contributed by atoms with Crippen LogP contribution in [-0.2, 0) is 14.3 Å². The van der Waals surface area contributed by atoms with Crippen molar-refractivity contribution in [1.82, 2.24) is 4.90 Å². The number of ether oxygens (including phenoxy) is 2. The highest BCUT2D eigenvalue weighted by atomic mass is 19.1. The summed E-state index contributed by atoms with van der Waals surface area (Å²) in [6.07, 6.45) is 0.471. The minimum atomic E-state index is -1.72. The number of carbonyl (C=O) groups excluding carboxylic acids is 2. The van der Waals surface area contributed by atoms with Crippen LogP contribution in [0.15, 0.2) is 48.5 Å². The van der Waals surface area contributed by atoms with Crippen LogP contribution in [0.3, 0.4) is 0 Å². The van der Waals surface area contributed by atoms with Gasteiger partial charge < -0.3 is 19.7 Å². The Hall–Kier alpha value is -2.97. The van der Waals surface area contributed by atoms with Crippen molar-refractivity contribution in [1.29, 1.82) is 0 Å². The summed E-state index contributed by atoms with van der Waals surface area (Å²) >= 11 is 0. The van der Waals surface area contributed by atoms with E-state index in [1.54, 1.807) is 18.2 Å². The van der Waals surface area contributed by atoms with Crippen LogP contribution >= 0.6 is 0 Å². The Morgan fingerprint density at radius 1 is 1.15 bits per heavy atom. The van der Waals surface area contributed by atoms with E-state index < -0.39 is 47.1 Å². The summed E-state index contributed by atoms with van der Waals surface area (Å²) in [6.45, 7) is 2.35. The van der Waals surface area contributed by atoms with Gasteiger partial charge in [-0.3, -0.25) is 14.5 Å². The van der Waals surface area contributed by atoms with Crippen LogP contribution in [0.4, 0.5) is 4.39 Å². The number of carbonyl (C=O) groups is 2. The Labute approximate surface area is 197 Å². The second-order valence-electron chi connectivity index (χ2n) is 9.43. The van der Waals surface area contributed by atoms with E-state index in [-0.39, 0.29) is 31.3 Å². The number of hydrogen-bond donors (Lipinski definition) is 2. The van der Waals surface area contributed by atoms with Crippen LogP contribution in [0.5, 0.6) is 11.5 Å². The van der Waals surface area contributed by atoms with E-state index in [9.17, 15) is 24.2 Å². The highest BCUT2D eigenvalue weighted by Gasteiger charge is 2.66. The molecule has 6 atom stereocenters. The minimum absolute atomic E-state index is 0.103. The number of fused-ring (bicyclic) bond motifs is 3. The van der Waals surface area contributed by atoms with Gasteiger partial charge in [-0.2, -0.15) is 0 Å². The van der Waals surface area contributed by atoms with Gasteiger partial charge in [0.05, 0.1) is 24.5 Å². The Balaban J connectivity index is 1.48. The van der Waals surface area contributed by atoms with Gasteiger partial charge in [-0.1, -0.05) is 31.2 Å². The summed E-state index contributed by atoms with van der Waals surface area (Å²) < 4.78 is 26.2. The third-order valence-electron chi connectivity index (χ3n) is 7.44. The normalized spacial score (nSPS) is 32.6. The zero-order valence-electron chi connectivity index (χ0n) is 18.9. The summed E-state index contributed by atoms with van der Waals surface area (Å²) in [5, 5.41) is 21.4. The number of phenolic OH excluding ortho intramolecular Hbond substituents is 1. The van der Waals surface area contributed by atoms with Crippen molar-refractivity contribution in [3.05, 3.63) is 59.9 Å². The second kappa shape index (κ2) is 8.67. The lowest BCUT2D eigenvalue weighted by Crippen LogP contribution is -2.55. The van der Waals surface area contributed by atoms with Gasteiger partial charge in [0.1, 0.15) is 5.75 Å². The third-order valence-corrected chi connectivity index (χ3v) is 7.44. The first-order valence-corrected chi connectivity index (χ1v) is 11.7.